The summed E-state index contributed by atoms with van der Waals surface area (Å²) in [7, 11) is -2.10. The van der Waals surface area contributed by atoms with Crippen molar-refractivity contribution < 1.29 is 13.5 Å². The quantitative estimate of drug-likeness (QED) is 0.635. The van der Waals surface area contributed by atoms with Crippen molar-refractivity contribution in [2.24, 2.45) is 0 Å². The molecule has 1 N–H and O–H groups in total. The third-order valence-electron chi connectivity index (χ3n) is 5.02. The molecule has 2 aromatic heterocycles. The summed E-state index contributed by atoms with van der Waals surface area (Å²) in [6.45, 7) is 0.700. The van der Waals surface area contributed by atoms with Crippen LogP contribution in [0.25, 0.3) is 5.82 Å². The molecule has 4 rings (SSSR count). The molecule has 9 nitrogen and oxygen atoms in total. The Morgan fingerprint density at radius 1 is 1.21 bits per heavy atom. The number of nitrogens with one attached hydrogen (secondary N) is 1. The summed E-state index contributed by atoms with van der Waals surface area (Å²) in [6.07, 6.45) is 2.73. The standard InChI is InChI=1S/C19H21N5O4S/c1-28-15-5-4-6-16(13-15)29(26,27)23-11-8-14(9-12-23)18-21-19(25)24(22-18)17-7-2-3-10-20-17/h2-7,10,13-14H,8-9,11-12H2,1H3,(H-,21,22,25,26,27). The van der Waals surface area contributed by atoms with E-state index in [0.717, 1.165) is 0 Å². The fourth-order valence-electron chi connectivity index (χ4n) is 3.44. The van der Waals surface area contributed by atoms with Crippen molar-refractivity contribution in [2.75, 3.05) is 20.2 Å². The molecule has 1 atom stereocenters. The highest BCUT2D eigenvalue weighted by Gasteiger charge is 2.35. The van der Waals surface area contributed by atoms with E-state index in [-0.39, 0.29) is 16.5 Å². The molecule has 0 radical (unpaired) electrons. The summed E-state index contributed by atoms with van der Waals surface area (Å²) >= 11 is 0. The zero-order valence-corrected chi connectivity index (χ0v) is 16.7. The Kier molecular flexibility index (Phi) is 5.31. The van der Waals surface area contributed by atoms with Gasteiger partial charge in [-0.05, 0) is 37.1 Å². The van der Waals surface area contributed by atoms with Crippen LogP contribution in [0.2, 0.25) is 0 Å². The molecule has 1 aromatic carbocycles. The third-order valence-corrected chi connectivity index (χ3v) is 6.92. The van der Waals surface area contributed by atoms with Crippen LogP contribution in [0.4, 0.5) is 0 Å². The van der Waals surface area contributed by atoms with E-state index in [1.807, 2.05) is 0 Å². The molecule has 1 saturated heterocycles. The molecule has 1 unspecified atom stereocenters. The van der Waals surface area contributed by atoms with Gasteiger partial charge in [-0.15, -0.1) is 9.40 Å². The number of aromatic amines is 1. The van der Waals surface area contributed by atoms with E-state index in [0.29, 0.717) is 43.3 Å². The normalized spacial score (nSPS) is 17.7. The molecule has 0 bridgehead atoms. The molecule has 0 spiro atoms. The number of hydrogen-bond donors (Lipinski definition) is 1. The Hall–Kier alpha value is -2.82. The van der Waals surface area contributed by atoms with E-state index in [4.69, 9.17) is 4.74 Å². The van der Waals surface area contributed by atoms with Gasteiger partial charge in [0.25, 0.3) is 0 Å². The highest BCUT2D eigenvalue weighted by molar-refractivity contribution is 7.95. The van der Waals surface area contributed by atoms with Crippen LogP contribution in [0, 0.1) is 0 Å². The largest absolute Gasteiger partial charge is 0.593 e. The van der Waals surface area contributed by atoms with Gasteiger partial charge in [-0.3, -0.25) is 4.98 Å². The molecule has 1 aliphatic heterocycles. The van der Waals surface area contributed by atoms with Crippen LogP contribution in [-0.2, 0) is 14.6 Å². The molecule has 29 heavy (non-hydrogen) atoms. The average molecular weight is 415 g/mol. The first-order valence-electron chi connectivity index (χ1n) is 9.24. The van der Waals surface area contributed by atoms with E-state index in [1.54, 1.807) is 42.6 Å². The van der Waals surface area contributed by atoms with E-state index in [1.165, 1.54) is 22.2 Å². The Morgan fingerprint density at radius 2 is 2.00 bits per heavy atom. The minimum atomic E-state index is -3.60. The van der Waals surface area contributed by atoms with Crippen molar-refractivity contribution >= 4 is 10.4 Å². The molecule has 0 amide bonds. The predicted molar refractivity (Wildman–Crippen MR) is 106 cm³/mol. The van der Waals surface area contributed by atoms with E-state index >= 15 is 0 Å². The second kappa shape index (κ2) is 7.90. The van der Waals surface area contributed by atoms with Crippen LogP contribution in [0.3, 0.4) is 0 Å². The van der Waals surface area contributed by atoms with Gasteiger partial charge in [-0.25, -0.2) is 9.78 Å². The lowest BCUT2D eigenvalue weighted by atomic mass is 9.98. The van der Waals surface area contributed by atoms with E-state index in [2.05, 4.69) is 15.1 Å². The minimum Gasteiger partial charge on any atom is -0.593 e. The number of benzene rings is 1. The van der Waals surface area contributed by atoms with Crippen molar-refractivity contribution in [1.29, 1.82) is 0 Å². The van der Waals surface area contributed by atoms with Crippen molar-refractivity contribution in [1.82, 2.24) is 24.1 Å². The van der Waals surface area contributed by atoms with E-state index < -0.39 is 10.4 Å². The summed E-state index contributed by atoms with van der Waals surface area (Å²) in [5.74, 6) is 1.47. The van der Waals surface area contributed by atoms with Crippen LogP contribution < -0.4 is 10.4 Å². The van der Waals surface area contributed by atoms with Crippen LogP contribution in [0.15, 0.2) is 58.4 Å². The van der Waals surface area contributed by atoms with Gasteiger partial charge < -0.3 is 9.29 Å². The first-order chi connectivity index (χ1) is 14.0. The Morgan fingerprint density at radius 3 is 2.69 bits per heavy atom. The zero-order valence-electron chi connectivity index (χ0n) is 15.9. The molecule has 0 aliphatic carbocycles. The SMILES string of the molecule is COc1cccc([S+](=O)([O-])N2CCC(c3nn(-c4ccccn4)c(=O)[nH]3)CC2)c1. The summed E-state index contributed by atoms with van der Waals surface area (Å²) in [6, 6.07) is 11.7. The average Bonchev–Trinajstić information content (AvgIpc) is 3.16. The second-order valence-electron chi connectivity index (χ2n) is 6.77. The Labute approximate surface area is 168 Å². The second-order valence-corrected chi connectivity index (χ2v) is 8.71. The van der Waals surface area contributed by atoms with Gasteiger partial charge in [0.15, 0.2) is 21.1 Å². The summed E-state index contributed by atoms with van der Waals surface area (Å²) < 4.78 is 33.7. The lowest BCUT2D eigenvalue weighted by Crippen LogP contribution is -2.41. The fraction of sp³-hybridized carbons (Fsp3) is 0.316. The number of H-pyrrole nitrogens is 1. The van der Waals surface area contributed by atoms with Gasteiger partial charge in [-0.2, -0.15) is 4.68 Å². The predicted octanol–water partition coefficient (Wildman–Crippen LogP) is 1.75. The van der Waals surface area contributed by atoms with Gasteiger partial charge in [0.2, 0.25) is 0 Å². The number of hydrogen-bond acceptors (Lipinski definition) is 6. The highest BCUT2D eigenvalue weighted by atomic mass is 32.3. The molecule has 3 aromatic rings. The van der Waals surface area contributed by atoms with E-state index in [9.17, 15) is 13.6 Å². The van der Waals surface area contributed by atoms with Gasteiger partial charge in [0.05, 0.1) is 7.11 Å². The van der Waals surface area contributed by atoms with Crippen LogP contribution in [0.1, 0.15) is 24.6 Å². The summed E-state index contributed by atoms with van der Waals surface area (Å²) in [4.78, 5) is 19.4. The number of aromatic nitrogens is 4. The molecule has 10 heteroatoms. The van der Waals surface area contributed by atoms with Crippen LogP contribution in [0.5, 0.6) is 5.75 Å². The molecular weight excluding hydrogens is 394 g/mol. The Bertz CT molecular complexity index is 1090. The summed E-state index contributed by atoms with van der Waals surface area (Å²) in [5.41, 5.74) is -0.356. The lowest BCUT2D eigenvalue weighted by Gasteiger charge is -2.32. The molecule has 3 heterocycles. The topological polar surface area (TPSA) is 116 Å². The molecule has 1 aliphatic rings. The number of nitrogens with zero attached hydrogens (tertiary/aromatic N) is 4. The monoisotopic (exact) mass is 415 g/mol. The molecule has 1 fully saturated rings. The maximum Gasteiger partial charge on any atom is 0.349 e. The van der Waals surface area contributed by atoms with Gasteiger partial charge >= 0.3 is 5.69 Å². The van der Waals surface area contributed by atoms with Gasteiger partial charge in [0, 0.05) is 31.3 Å². The van der Waals surface area contributed by atoms with Gasteiger partial charge in [0.1, 0.15) is 11.6 Å². The van der Waals surface area contributed by atoms with Crippen molar-refractivity contribution in [2.45, 2.75) is 23.7 Å². The Balaban J connectivity index is 1.48. The fourth-order valence-corrected chi connectivity index (χ4v) is 4.94. The summed E-state index contributed by atoms with van der Waals surface area (Å²) in [5, 5.41) is 4.37. The first-order valence-corrected chi connectivity index (χ1v) is 10.7. The molecule has 0 saturated carbocycles. The zero-order chi connectivity index (χ0) is 20.4. The third kappa shape index (κ3) is 3.86. The molecular formula is C19H21N5O4S. The maximum absolute atomic E-state index is 12.9. The van der Waals surface area contributed by atoms with Crippen LogP contribution in [-0.4, -0.2) is 48.8 Å². The first kappa shape index (κ1) is 19.5. The lowest BCUT2D eigenvalue weighted by molar-refractivity contribution is 0.287. The van der Waals surface area contributed by atoms with Crippen molar-refractivity contribution in [3.8, 4) is 11.6 Å². The van der Waals surface area contributed by atoms with Crippen molar-refractivity contribution in [3.63, 3.8) is 0 Å². The number of methoxy groups -OCH3 is 1. The minimum absolute atomic E-state index is 0.0237. The van der Waals surface area contributed by atoms with Gasteiger partial charge in [-0.1, -0.05) is 16.3 Å². The van der Waals surface area contributed by atoms with Crippen LogP contribution >= 0.6 is 0 Å². The number of rotatable bonds is 5. The number of pyridine rings is 1. The highest BCUT2D eigenvalue weighted by Crippen LogP contribution is 2.32. The maximum atomic E-state index is 12.9. The molecule has 152 valence electrons. The van der Waals surface area contributed by atoms with Crippen molar-refractivity contribution in [3.05, 3.63) is 65.0 Å². The number of sulfonamides is 1. The number of piperidine rings is 1. The number of ether oxygens (including phenoxy) is 1. The smallest absolute Gasteiger partial charge is 0.349 e.